The third kappa shape index (κ3) is 7.14. The van der Waals surface area contributed by atoms with Crippen molar-refractivity contribution in [3.05, 3.63) is 29.8 Å². The van der Waals surface area contributed by atoms with E-state index in [-0.39, 0.29) is 37.7 Å². The number of para-hydroxylation sites is 1. The van der Waals surface area contributed by atoms with E-state index in [2.05, 4.69) is 0 Å². The number of unbranched alkanes of at least 4 members (excludes halogenated alkanes) is 1. The van der Waals surface area contributed by atoms with Crippen molar-refractivity contribution in [2.24, 2.45) is 0 Å². The predicted octanol–water partition coefficient (Wildman–Crippen LogP) is 3.53. The van der Waals surface area contributed by atoms with Crippen LogP contribution in [0.5, 0.6) is 5.75 Å². The van der Waals surface area contributed by atoms with Crippen LogP contribution >= 0.6 is 7.82 Å². The monoisotopic (exact) mass is 346 g/mol. The van der Waals surface area contributed by atoms with Crippen molar-refractivity contribution in [3.8, 4) is 5.75 Å². The number of hydrogen-bond acceptors (Lipinski definition) is 7. The zero-order valence-electron chi connectivity index (χ0n) is 13.4. The van der Waals surface area contributed by atoms with Gasteiger partial charge in [0.25, 0.3) is 0 Å². The van der Waals surface area contributed by atoms with Gasteiger partial charge in [0.1, 0.15) is 11.3 Å². The lowest BCUT2D eigenvalue weighted by atomic mass is 10.2. The normalized spacial score (nSPS) is 11.4. The summed E-state index contributed by atoms with van der Waals surface area (Å²) < 4.78 is 32.2. The third-order valence-corrected chi connectivity index (χ3v) is 4.37. The minimum atomic E-state index is -3.48. The number of esters is 1. The minimum absolute atomic E-state index is 0.116. The summed E-state index contributed by atoms with van der Waals surface area (Å²) in [5.41, 5.74) is 0.126. The Morgan fingerprint density at radius 3 is 2.26 bits per heavy atom. The number of hydrogen-bond donors (Lipinski definition) is 1. The van der Waals surface area contributed by atoms with Crippen molar-refractivity contribution in [1.29, 1.82) is 0 Å². The first-order valence-corrected chi connectivity index (χ1v) is 8.97. The molecule has 7 nitrogen and oxygen atoms in total. The molecule has 1 N–H and O–H groups in total. The Bertz CT molecular complexity index is 522. The van der Waals surface area contributed by atoms with E-state index in [0.717, 1.165) is 0 Å². The molecule has 8 heteroatoms. The molecule has 0 aromatic heterocycles. The molecule has 1 rings (SSSR count). The quantitative estimate of drug-likeness (QED) is 0.372. The van der Waals surface area contributed by atoms with Crippen molar-refractivity contribution in [1.82, 2.24) is 0 Å². The van der Waals surface area contributed by atoms with E-state index >= 15 is 0 Å². The van der Waals surface area contributed by atoms with Gasteiger partial charge in [-0.3, -0.25) is 13.6 Å². The van der Waals surface area contributed by atoms with Crippen LogP contribution in [0.2, 0.25) is 0 Å². The van der Waals surface area contributed by atoms with Gasteiger partial charge in [-0.05, 0) is 38.8 Å². The maximum atomic E-state index is 12.0. The molecule has 0 aliphatic carbocycles. The highest BCUT2D eigenvalue weighted by atomic mass is 31.2. The molecule has 0 spiro atoms. The second-order valence-electron chi connectivity index (χ2n) is 4.48. The largest absolute Gasteiger partial charge is 0.507 e. The van der Waals surface area contributed by atoms with Crippen LogP contribution in [0.15, 0.2) is 24.3 Å². The summed E-state index contributed by atoms with van der Waals surface area (Å²) in [6, 6.07) is 6.17. The van der Waals surface area contributed by atoms with Crippen molar-refractivity contribution in [2.75, 3.05) is 26.4 Å². The minimum Gasteiger partial charge on any atom is -0.507 e. The lowest BCUT2D eigenvalue weighted by molar-refractivity contribution is 0.0484. The maximum Gasteiger partial charge on any atom is 0.474 e. The third-order valence-electron chi connectivity index (χ3n) is 2.72. The highest BCUT2D eigenvalue weighted by molar-refractivity contribution is 7.48. The SMILES string of the molecule is CCOP(=O)(OCC)OCCCCOC(=O)c1ccccc1O. The van der Waals surface area contributed by atoms with Gasteiger partial charge in [-0.2, -0.15) is 0 Å². The van der Waals surface area contributed by atoms with Crippen molar-refractivity contribution < 1.29 is 32.8 Å². The summed E-state index contributed by atoms with van der Waals surface area (Å²) in [6.45, 7) is 4.21. The zero-order chi connectivity index (χ0) is 17.1. The fourth-order valence-electron chi connectivity index (χ4n) is 1.70. The Morgan fingerprint density at radius 2 is 1.65 bits per heavy atom. The van der Waals surface area contributed by atoms with Gasteiger partial charge in [0.2, 0.25) is 0 Å². The molecule has 0 heterocycles. The van der Waals surface area contributed by atoms with Crippen LogP contribution in [-0.2, 0) is 22.9 Å². The number of carbonyl (C=O) groups excluding carboxylic acids is 1. The molecule has 0 saturated heterocycles. The highest BCUT2D eigenvalue weighted by Crippen LogP contribution is 2.49. The van der Waals surface area contributed by atoms with Gasteiger partial charge in [-0.25, -0.2) is 9.36 Å². The average molecular weight is 346 g/mol. The number of phosphoric acid groups is 1. The second-order valence-corrected chi connectivity index (χ2v) is 6.15. The Balaban J connectivity index is 2.24. The fourth-order valence-corrected chi connectivity index (χ4v) is 2.91. The molecular formula is C15H23O7P. The number of rotatable bonds is 11. The van der Waals surface area contributed by atoms with Crippen LogP contribution in [0.4, 0.5) is 0 Å². The van der Waals surface area contributed by atoms with Crippen LogP contribution in [0.1, 0.15) is 37.0 Å². The molecule has 0 atom stereocenters. The molecule has 0 aliphatic heterocycles. The van der Waals surface area contributed by atoms with E-state index in [0.29, 0.717) is 12.8 Å². The molecule has 0 bridgehead atoms. The standard InChI is InChI=1S/C15H23O7P/c1-3-20-23(18,21-4-2)22-12-8-7-11-19-15(17)13-9-5-6-10-14(13)16/h5-6,9-10,16H,3-4,7-8,11-12H2,1-2H3. The number of aromatic hydroxyl groups is 1. The molecule has 0 radical (unpaired) electrons. The van der Waals surface area contributed by atoms with E-state index in [4.69, 9.17) is 18.3 Å². The second kappa shape index (κ2) is 10.4. The van der Waals surface area contributed by atoms with E-state index in [9.17, 15) is 14.5 Å². The number of phenols is 1. The van der Waals surface area contributed by atoms with Gasteiger partial charge in [0, 0.05) is 0 Å². The summed E-state index contributed by atoms with van der Waals surface area (Å²) >= 11 is 0. The van der Waals surface area contributed by atoms with E-state index in [1.165, 1.54) is 12.1 Å². The number of phosphoric ester groups is 1. The van der Waals surface area contributed by atoms with Crippen LogP contribution in [0.25, 0.3) is 0 Å². The number of carbonyl (C=O) groups is 1. The summed E-state index contributed by atoms with van der Waals surface area (Å²) in [5, 5.41) is 9.53. The molecule has 1 aromatic rings. The van der Waals surface area contributed by atoms with Gasteiger partial charge in [-0.15, -0.1) is 0 Å². The topological polar surface area (TPSA) is 91.3 Å². The van der Waals surface area contributed by atoms with Crippen LogP contribution < -0.4 is 0 Å². The van der Waals surface area contributed by atoms with Crippen molar-refractivity contribution >= 4 is 13.8 Å². The first-order chi connectivity index (χ1) is 11.0. The molecule has 1 aromatic carbocycles. The van der Waals surface area contributed by atoms with E-state index < -0.39 is 13.8 Å². The smallest absolute Gasteiger partial charge is 0.474 e. The van der Waals surface area contributed by atoms with Crippen molar-refractivity contribution in [2.45, 2.75) is 26.7 Å². The molecule has 0 amide bonds. The summed E-state index contributed by atoms with van der Waals surface area (Å²) in [5.74, 6) is -0.700. The first kappa shape index (κ1) is 19.6. The van der Waals surface area contributed by atoms with Gasteiger partial charge in [-0.1, -0.05) is 12.1 Å². The zero-order valence-corrected chi connectivity index (χ0v) is 14.3. The predicted molar refractivity (Wildman–Crippen MR) is 84.4 cm³/mol. The lowest BCUT2D eigenvalue weighted by Crippen LogP contribution is -2.07. The fraction of sp³-hybridized carbons (Fsp3) is 0.533. The molecule has 23 heavy (non-hydrogen) atoms. The van der Waals surface area contributed by atoms with Crippen LogP contribution in [0.3, 0.4) is 0 Å². The highest BCUT2D eigenvalue weighted by Gasteiger charge is 2.24. The molecule has 130 valence electrons. The van der Waals surface area contributed by atoms with Gasteiger partial charge in [0.15, 0.2) is 0 Å². The summed E-state index contributed by atoms with van der Waals surface area (Å²) in [4.78, 5) is 11.7. The lowest BCUT2D eigenvalue weighted by Gasteiger charge is -2.16. The van der Waals surface area contributed by atoms with Crippen LogP contribution in [0, 0.1) is 0 Å². The maximum absolute atomic E-state index is 12.0. The Kier molecular flexibility index (Phi) is 8.87. The summed E-state index contributed by atoms with van der Waals surface area (Å²) in [6.07, 6.45) is 1.05. The first-order valence-electron chi connectivity index (χ1n) is 7.51. The summed E-state index contributed by atoms with van der Waals surface area (Å²) in [7, 11) is -3.48. The number of ether oxygens (including phenoxy) is 1. The molecular weight excluding hydrogens is 323 g/mol. The van der Waals surface area contributed by atoms with Crippen LogP contribution in [-0.4, -0.2) is 37.5 Å². The number of phenolic OH excluding ortho intramolecular Hbond substituents is 1. The number of benzene rings is 1. The molecule has 0 aliphatic rings. The average Bonchev–Trinajstić information content (AvgIpc) is 2.51. The van der Waals surface area contributed by atoms with Gasteiger partial charge < -0.3 is 9.84 Å². The van der Waals surface area contributed by atoms with E-state index in [1.807, 2.05) is 0 Å². The van der Waals surface area contributed by atoms with Crippen molar-refractivity contribution in [3.63, 3.8) is 0 Å². The van der Waals surface area contributed by atoms with Gasteiger partial charge >= 0.3 is 13.8 Å². The van der Waals surface area contributed by atoms with Gasteiger partial charge in [0.05, 0.1) is 26.4 Å². The molecule has 0 unspecified atom stereocenters. The Labute approximate surface area is 136 Å². The Morgan fingerprint density at radius 1 is 1.04 bits per heavy atom. The molecule has 0 saturated carbocycles. The van der Waals surface area contributed by atoms with E-state index in [1.54, 1.807) is 26.0 Å². The Hall–Kier alpha value is -1.40. The molecule has 0 fully saturated rings.